The van der Waals surface area contributed by atoms with Gasteiger partial charge in [-0.25, -0.2) is 9.59 Å². The number of piperidine rings is 2. The SMILES string of the molecule is O=C(O)C1CCCCN1C(=O)C1CN(C2CCN(c3ccncc3)CC2)C(=O)O1. The Morgan fingerprint density at radius 1 is 1.07 bits per heavy atom. The molecule has 0 saturated carbocycles. The maximum atomic E-state index is 12.9. The second-order valence-electron chi connectivity index (χ2n) is 7.83. The molecule has 2 atom stereocenters. The number of amides is 2. The van der Waals surface area contributed by atoms with E-state index in [1.165, 1.54) is 4.90 Å². The van der Waals surface area contributed by atoms with Crippen LogP contribution in [-0.4, -0.2) is 82.2 Å². The first kappa shape index (κ1) is 19.5. The van der Waals surface area contributed by atoms with Crippen molar-refractivity contribution in [2.24, 2.45) is 0 Å². The third-order valence-electron chi connectivity index (χ3n) is 6.12. The summed E-state index contributed by atoms with van der Waals surface area (Å²) in [6.07, 6.45) is 5.72. The molecule has 156 valence electrons. The minimum absolute atomic E-state index is 0.0232. The summed E-state index contributed by atoms with van der Waals surface area (Å²) < 4.78 is 5.36. The van der Waals surface area contributed by atoms with Crippen LogP contribution in [0.2, 0.25) is 0 Å². The van der Waals surface area contributed by atoms with Crippen LogP contribution in [0.1, 0.15) is 32.1 Å². The number of nitrogens with zero attached hydrogens (tertiary/aromatic N) is 4. The topological polar surface area (TPSA) is 103 Å². The van der Waals surface area contributed by atoms with Crippen LogP contribution < -0.4 is 4.90 Å². The van der Waals surface area contributed by atoms with Gasteiger partial charge in [0.25, 0.3) is 5.91 Å². The van der Waals surface area contributed by atoms with Gasteiger partial charge in [-0.3, -0.25) is 9.78 Å². The van der Waals surface area contributed by atoms with E-state index in [1.807, 2.05) is 12.1 Å². The van der Waals surface area contributed by atoms with Gasteiger partial charge in [0, 0.05) is 43.8 Å². The van der Waals surface area contributed by atoms with Crippen LogP contribution in [0.4, 0.5) is 10.5 Å². The molecule has 0 aliphatic carbocycles. The highest BCUT2D eigenvalue weighted by Gasteiger charge is 2.44. The lowest BCUT2D eigenvalue weighted by molar-refractivity contribution is -0.155. The van der Waals surface area contributed by atoms with Crippen molar-refractivity contribution in [1.29, 1.82) is 0 Å². The van der Waals surface area contributed by atoms with Gasteiger partial charge in [0.15, 0.2) is 6.10 Å². The van der Waals surface area contributed by atoms with Crippen LogP contribution in [0.5, 0.6) is 0 Å². The zero-order valence-electron chi connectivity index (χ0n) is 16.3. The van der Waals surface area contributed by atoms with Gasteiger partial charge in [0.2, 0.25) is 0 Å². The number of hydrogen-bond donors (Lipinski definition) is 1. The summed E-state index contributed by atoms with van der Waals surface area (Å²) in [6.45, 7) is 2.21. The minimum Gasteiger partial charge on any atom is -0.480 e. The van der Waals surface area contributed by atoms with Crippen LogP contribution in [0.3, 0.4) is 0 Å². The Balaban J connectivity index is 1.36. The van der Waals surface area contributed by atoms with Gasteiger partial charge in [-0.05, 0) is 44.2 Å². The quantitative estimate of drug-likeness (QED) is 0.810. The van der Waals surface area contributed by atoms with E-state index >= 15 is 0 Å². The smallest absolute Gasteiger partial charge is 0.411 e. The summed E-state index contributed by atoms with van der Waals surface area (Å²) in [5.74, 6) is -1.38. The summed E-state index contributed by atoms with van der Waals surface area (Å²) in [4.78, 5) is 46.1. The van der Waals surface area contributed by atoms with Crippen LogP contribution in [0.25, 0.3) is 0 Å². The predicted molar refractivity (Wildman–Crippen MR) is 103 cm³/mol. The van der Waals surface area contributed by atoms with E-state index in [9.17, 15) is 19.5 Å². The number of rotatable bonds is 4. The number of ether oxygens (including phenoxy) is 1. The predicted octanol–water partition coefficient (Wildman–Crippen LogP) is 1.34. The Morgan fingerprint density at radius 2 is 1.79 bits per heavy atom. The number of carbonyl (C=O) groups is 3. The molecule has 3 aliphatic rings. The molecule has 9 nitrogen and oxygen atoms in total. The van der Waals surface area contributed by atoms with Crippen LogP contribution in [-0.2, 0) is 14.3 Å². The van der Waals surface area contributed by atoms with Crippen LogP contribution in [0.15, 0.2) is 24.5 Å². The van der Waals surface area contributed by atoms with Crippen molar-refractivity contribution in [2.45, 2.75) is 50.3 Å². The summed E-state index contributed by atoms with van der Waals surface area (Å²) >= 11 is 0. The standard InChI is InChI=1S/C20H26N4O5/c25-18(23-10-2-1-3-16(23)19(26)27)17-13-24(20(28)29-17)15-6-11-22(12-7-15)14-4-8-21-9-5-14/h4-5,8-9,15-17H,1-3,6-7,10-13H2,(H,26,27). The fourth-order valence-corrected chi connectivity index (χ4v) is 4.53. The summed E-state index contributed by atoms with van der Waals surface area (Å²) in [7, 11) is 0. The molecule has 2 amide bonds. The molecule has 3 fully saturated rings. The highest BCUT2D eigenvalue weighted by atomic mass is 16.6. The van der Waals surface area contributed by atoms with E-state index in [1.54, 1.807) is 17.3 Å². The number of carboxylic acids is 1. The lowest BCUT2D eigenvalue weighted by Gasteiger charge is -2.37. The molecular weight excluding hydrogens is 376 g/mol. The Morgan fingerprint density at radius 3 is 2.48 bits per heavy atom. The van der Waals surface area contributed by atoms with Crippen molar-refractivity contribution in [1.82, 2.24) is 14.8 Å². The maximum Gasteiger partial charge on any atom is 0.411 e. The number of aliphatic carboxylic acids is 1. The molecule has 29 heavy (non-hydrogen) atoms. The van der Waals surface area contributed by atoms with Gasteiger partial charge >= 0.3 is 12.1 Å². The van der Waals surface area contributed by atoms with Crippen molar-refractivity contribution in [3.63, 3.8) is 0 Å². The molecule has 3 saturated heterocycles. The molecule has 0 radical (unpaired) electrons. The van der Waals surface area contributed by atoms with Crippen molar-refractivity contribution < 1.29 is 24.2 Å². The maximum absolute atomic E-state index is 12.9. The third kappa shape index (κ3) is 3.99. The molecule has 2 unspecified atom stereocenters. The normalized spacial score (nSPS) is 25.8. The number of carbonyl (C=O) groups excluding carboxylic acids is 2. The van der Waals surface area contributed by atoms with Crippen LogP contribution >= 0.6 is 0 Å². The van der Waals surface area contributed by atoms with Gasteiger partial charge in [0.05, 0.1) is 6.54 Å². The summed E-state index contributed by atoms with van der Waals surface area (Å²) in [5, 5.41) is 9.41. The Hall–Kier alpha value is -2.84. The summed E-state index contributed by atoms with van der Waals surface area (Å²) in [6, 6.07) is 3.13. The summed E-state index contributed by atoms with van der Waals surface area (Å²) in [5.41, 5.74) is 1.11. The Kier molecular flexibility index (Phi) is 5.55. The number of pyridine rings is 1. The first-order chi connectivity index (χ1) is 14.0. The molecule has 1 N–H and O–H groups in total. The molecule has 1 aromatic rings. The Bertz CT molecular complexity index is 765. The van der Waals surface area contributed by atoms with Crippen molar-refractivity contribution >= 4 is 23.7 Å². The Labute approximate surface area is 169 Å². The van der Waals surface area contributed by atoms with Gasteiger partial charge in [-0.2, -0.15) is 0 Å². The average molecular weight is 402 g/mol. The highest BCUT2D eigenvalue weighted by molar-refractivity contribution is 5.90. The first-order valence-electron chi connectivity index (χ1n) is 10.2. The van der Waals surface area contributed by atoms with Gasteiger partial charge < -0.3 is 24.5 Å². The van der Waals surface area contributed by atoms with E-state index in [0.29, 0.717) is 13.0 Å². The highest BCUT2D eigenvalue weighted by Crippen LogP contribution is 2.27. The fraction of sp³-hybridized carbons (Fsp3) is 0.600. The monoisotopic (exact) mass is 402 g/mol. The van der Waals surface area contributed by atoms with Crippen molar-refractivity contribution in [3.05, 3.63) is 24.5 Å². The molecule has 4 heterocycles. The van der Waals surface area contributed by atoms with E-state index in [0.717, 1.165) is 44.5 Å². The van der Waals surface area contributed by atoms with E-state index < -0.39 is 24.2 Å². The first-order valence-corrected chi connectivity index (χ1v) is 10.2. The van der Waals surface area contributed by atoms with Gasteiger partial charge in [0.1, 0.15) is 6.04 Å². The number of carboxylic acid groups (broad SMARTS) is 1. The lowest BCUT2D eigenvalue weighted by atomic mass is 10.0. The number of anilines is 1. The largest absolute Gasteiger partial charge is 0.480 e. The zero-order chi connectivity index (χ0) is 20.4. The van der Waals surface area contributed by atoms with Crippen molar-refractivity contribution in [2.75, 3.05) is 31.1 Å². The van der Waals surface area contributed by atoms with E-state index in [4.69, 9.17) is 4.74 Å². The molecule has 3 aliphatic heterocycles. The van der Waals surface area contributed by atoms with E-state index in [2.05, 4.69) is 9.88 Å². The molecular formula is C20H26N4O5. The molecule has 0 spiro atoms. The molecule has 0 aromatic carbocycles. The number of cyclic esters (lactones) is 1. The average Bonchev–Trinajstić information content (AvgIpc) is 3.15. The second kappa shape index (κ2) is 8.26. The number of aromatic nitrogens is 1. The molecule has 4 rings (SSSR count). The number of hydrogen-bond acceptors (Lipinski definition) is 6. The van der Waals surface area contributed by atoms with Crippen molar-refractivity contribution in [3.8, 4) is 0 Å². The minimum atomic E-state index is -0.997. The van der Waals surface area contributed by atoms with Gasteiger partial charge in [-0.1, -0.05) is 0 Å². The van der Waals surface area contributed by atoms with Gasteiger partial charge in [-0.15, -0.1) is 0 Å². The molecule has 0 bridgehead atoms. The lowest BCUT2D eigenvalue weighted by Crippen LogP contribution is -2.52. The molecule has 9 heteroatoms. The third-order valence-corrected chi connectivity index (χ3v) is 6.12. The number of likely N-dealkylation sites (tertiary alicyclic amines) is 1. The zero-order valence-corrected chi connectivity index (χ0v) is 16.3. The fourth-order valence-electron chi connectivity index (χ4n) is 4.53. The van der Waals surface area contributed by atoms with Crippen LogP contribution in [0, 0.1) is 0 Å². The second-order valence-corrected chi connectivity index (χ2v) is 7.83. The molecule has 1 aromatic heterocycles. The van der Waals surface area contributed by atoms with E-state index in [-0.39, 0.29) is 18.5 Å².